The first-order valence-electron chi connectivity index (χ1n) is 13.5. The molecule has 1 saturated heterocycles. The molecule has 242 valence electrons. The van der Waals surface area contributed by atoms with Gasteiger partial charge in [-0.2, -0.15) is 26.3 Å². The number of halogens is 6. The second-order valence-electron chi connectivity index (χ2n) is 10.3. The Bertz CT molecular complexity index is 1210. The largest absolute Gasteiger partial charge is 0.460 e. The number of nitrogens with two attached hydrogens (primary N) is 1. The molecule has 43 heavy (non-hydrogen) atoms. The van der Waals surface area contributed by atoms with E-state index < -0.39 is 40.3 Å². The Hall–Kier alpha value is -2.85. The molecule has 6 N–H and O–H groups in total. The lowest BCUT2D eigenvalue weighted by Gasteiger charge is -2.44. The summed E-state index contributed by atoms with van der Waals surface area (Å²) in [6, 6.07) is 2.10. The Morgan fingerprint density at radius 1 is 1.30 bits per heavy atom. The number of alkyl halides is 6. The van der Waals surface area contributed by atoms with Gasteiger partial charge in [-0.25, -0.2) is 0 Å². The molecule has 0 radical (unpaired) electrons. The number of hydrogen-bond acceptors (Lipinski definition) is 8. The third-order valence-corrected chi connectivity index (χ3v) is 7.28. The van der Waals surface area contributed by atoms with Crippen LogP contribution in [-0.2, 0) is 6.18 Å². The van der Waals surface area contributed by atoms with Crippen molar-refractivity contribution in [1.82, 2.24) is 25.4 Å². The summed E-state index contributed by atoms with van der Waals surface area (Å²) in [6.45, 7) is 7.11. The van der Waals surface area contributed by atoms with Crippen LogP contribution >= 0.6 is 10.8 Å². The van der Waals surface area contributed by atoms with Gasteiger partial charge in [0.25, 0.3) is 0 Å². The van der Waals surface area contributed by atoms with Crippen molar-refractivity contribution < 1.29 is 36.0 Å². The number of aromatic nitrogens is 1. The monoisotopic (exact) mass is 638 g/mol. The van der Waals surface area contributed by atoms with E-state index in [1.807, 2.05) is 23.6 Å². The van der Waals surface area contributed by atoms with E-state index in [0.717, 1.165) is 18.3 Å². The second kappa shape index (κ2) is 16.3. The molecule has 0 bridgehead atoms. The van der Waals surface area contributed by atoms with Crippen LogP contribution in [0.1, 0.15) is 38.4 Å². The second-order valence-corrected chi connectivity index (χ2v) is 11.6. The summed E-state index contributed by atoms with van der Waals surface area (Å²) >= 11 is 0. The molecule has 2 rings (SSSR count). The number of rotatable bonds is 12. The topological polar surface area (TPSA) is 110 Å². The molecule has 0 aliphatic carbocycles. The smallest absolute Gasteiger partial charge is 0.404 e. The number of allylic oxidation sites excluding steroid dienone is 5. The molecule has 3 atom stereocenters. The van der Waals surface area contributed by atoms with Gasteiger partial charge in [-0.3, -0.25) is 14.8 Å². The maximum atomic E-state index is 13.7. The first-order valence-corrected chi connectivity index (χ1v) is 14.7. The van der Waals surface area contributed by atoms with E-state index in [4.69, 9.17) is 5.73 Å². The highest BCUT2D eigenvalue weighted by Gasteiger charge is 2.36. The van der Waals surface area contributed by atoms with Crippen molar-refractivity contribution in [3.8, 4) is 0 Å². The Balaban J connectivity index is 2.55. The Labute approximate surface area is 250 Å². The van der Waals surface area contributed by atoms with Crippen molar-refractivity contribution in [1.29, 1.82) is 0 Å². The van der Waals surface area contributed by atoms with Crippen molar-refractivity contribution in [2.45, 2.75) is 51.2 Å². The summed E-state index contributed by atoms with van der Waals surface area (Å²) in [6.07, 6.45) is 2.61. The maximum Gasteiger partial charge on any atom is 0.460 e. The van der Waals surface area contributed by atoms with Gasteiger partial charge in [-0.1, -0.05) is 19.9 Å². The van der Waals surface area contributed by atoms with E-state index >= 15 is 0 Å². The molecule has 1 aromatic heterocycles. The van der Waals surface area contributed by atoms with E-state index in [1.165, 1.54) is 18.3 Å². The van der Waals surface area contributed by atoms with Crippen LogP contribution in [0.5, 0.6) is 0 Å². The molecule has 0 amide bonds. The SMILES string of the molecule is C\C=C/C(=C\C=S(\O)C(F)(F)F)NC1C/C(=C\C(=C/N)c2ncccc2C(F)(F)F)NC(CN(CCO)CC(C)C)N1C. The maximum absolute atomic E-state index is 13.7. The molecule has 2 heterocycles. The van der Waals surface area contributed by atoms with Crippen LogP contribution in [0, 0.1) is 5.92 Å². The van der Waals surface area contributed by atoms with Crippen LogP contribution in [0.4, 0.5) is 26.3 Å². The number of nitrogens with one attached hydrogen (secondary N) is 2. The fourth-order valence-electron chi connectivity index (χ4n) is 4.52. The average Bonchev–Trinajstić information content (AvgIpc) is 2.91. The summed E-state index contributed by atoms with van der Waals surface area (Å²) in [5.41, 5.74) is 0.498. The fraction of sp³-hybridized carbons (Fsp3) is 0.500. The fourth-order valence-corrected chi connectivity index (χ4v) is 4.95. The van der Waals surface area contributed by atoms with Gasteiger partial charge in [0.15, 0.2) is 0 Å². The molecule has 1 fully saturated rings. The van der Waals surface area contributed by atoms with Crippen molar-refractivity contribution in [3.63, 3.8) is 0 Å². The molecule has 1 aromatic rings. The normalized spacial score (nSPS) is 21.3. The third-order valence-electron chi connectivity index (χ3n) is 6.41. The number of aliphatic hydroxyl groups excluding tert-OH is 1. The zero-order chi connectivity index (χ0) is 32.4. The summed E-state index contributed by atoms with van der Waals surface area (Å²) in [5.74, 6) is 0.279. The van der Waals surface area contributed by atoms with E-state index in [0.29, 0.717) is 30.7 Å². The first kappa shape index (κ1) is 36.3. The summed E-state index contributed by atoms with van der Waals surface area (Å²) in [4.78, 5) is 7.88. The summed E-state index contributed by atoms with van der Waals surface area (Å²) in [5, 5.41) is 16.8. The lowest BCUT2D eigenvalue weighted by atomic mass is 10.0. The van der Waals surface area contributed by atoms with Gasteiger partial charge in [0.1, 0.15) is 0 Å². The summed E-state index contributed by atoms with van der Waals surface area (Å²) < 4.78 is 89.4. The van der Waals surface area contributed by atoms with Crippen LogP contribution in [0.15, 0.2) is 60.2 Å². The Morgan fingerprint density at radius 2 is 2.00 bits per heavy atom. The van der Waals surface area contributed by atoms with Crippen LogP contribution < -0.4 is 16.4 Å². The van der Waals surface area contributed by atoms with E-state index in [9.17, 15) is 36.0 Å². The molecule has 15 heteroatoms. The van der Waals surface area contributed by atoms with Crippen LogP contribution in [0.25, 0.3) is 5.57 Å². The molecular weight excluding hydrogens is 598 g/mol. The van der Waals surface area contributed by atoms with E-state index in [-0.39, 0.29) is 35.9 Å². The van der Waals surface area contributed by atoms with Crippen molar-refractivity contribution in [2.24, 2.45) is 11.7 Å². The minimum Gasteiger partial charge on any atom is -0.404 e. The van der Waals surface area contributed by atoms with Gasteiger partial charge in [-0.05, 0) is 55.6 Å². The Morgan fingerprint density at radius 3 is 2.56 bits per heavy atom. The van der Waals surface area contributed by atoms with Gasteiger partial charge in [0.2, 0.25) is 0 Å². The zero-order valence-corrected chi connectivity index (χ0v) is 25.3. The molecule has 0 aromatic carbocycles. The lowest BCUT2D eigenvalue weighted by molar-refractivity contribution is -0.138. The highest BCUT2D eigenvalue weighted by atomic mass is 32.2. The molecule has 8 nitrogen and oxygen atoms in total. The van der Waals surface area contributed by atoms with Crippen LogP contribution in [0.2, 0.25) is 0 Å². The molecule has 1 aliphatic heterocycles. The Kier molecular flexibility index (Phi) is 13.8. The molecule has 3 unspecified atom stereocenters. The van der Waals surface area contributed by atoms with Crippen LogP contribution in [-0.4, -0.2) is 80.9 Å². The molecular formula is C28H40F6N6O2S. The number of aliphatic hydroxyl groups is 1. The summed E-state index contributed by atoms with van der Waals surface area (Å²) in [7, 11) is -1.17. The third kappa shape index (κ3) is 11.3. The highest BCUT2D eigenvalue weighted by Crippen LogP contribution is 2.35. The number of likely N-dealkylation sites (N-methyl/N-ethyl adjacent to an activating group) is 1. The minimum absolute atomic E-state index is 0.0268. The standard InChI is InChI=1S/C28H40F6N6O2S/c1-5-7-21(9-13-43(42)28(32,33)34)37-24-15-22(38-25(39(24)4)18-40(11-12-41)17-19(2)3)14-20(16-35)26-23(27(29,30)31)8-6-10-36-26/h5-10,13-14,16,19,24-25,37-38,41-42H,11-12,15,17-18,35H2,1-4H3/b7-5-,20-16+,21-9+,22-14+. The van der Waals surface area contributed by atoms with Gasteiger partial charge >= 0.3 is 11.7 Å². The van der Waals surface area contributed by atoms with Crippen molar-refractivity contribution in [2.75, 3.05) is 33.3 Å². The predicted octanol–water partition coefficient (Wildman–Crippen LogP) is 4.93. The molecule has 0 saturated carbocycles. The molecule has 1 aliphatic rings. The number of nitrogens with zero attached hydrogens (tertiary/aromatic N) is 3. The molecule has 0 spiro atoms. The average molecular weight is 639 g/mol. The van der Waals surface area contributed by atoms with Crippen molar-refractivity contribution in [3.05, 3.63) is 71.5 Å². The quantitative estimate of drug-likeness (QED) is 0.0950. The number of pyridine rings is 1. The number of hydrogen-bond donors (Lipinski definition) is 5. The van der Waals surface area contributed by atoms with E-state index in [2.05, 4.69) is 15.6 Å². The van der Waals surface area contributed by atoms with Gasteiger partial charge < -0.3 is 26.0 Å². The highest BCUT2D eigenvalue weighted by molar-refractivity contribution is 8.11. The zero-order valence-electron chi connectivity index (χ0n) is 24.5. The van der Waals surface area contributed by atoms with Gasteiger partial charge in [-0.15, -0.1) is 0 Å². The minimum atomic E-state index is -4.80. The first-order chi connectivity index (χ1) is 20.1. The van der Waals surface area contributed by atoms with Crippen molar-refractivity contribution >= 4 is 21.7 Å². The van der Waals surface area contributed by atoms with Gasteiger partial charge in [0.05, 0.1) is 30.2 Å². The predicted molar refractivity (Wildman–Crippen MR) is 159 cm³/mol. The van der Waals surface area contributed by atoms with E-state index in [1.54, 1.807) is 26.1 Å². The lowest BCUT2D eigenvalue weighted by Crippen LogP contribution is -2.61. The van der Waals surface area contributed by atoms with Crippen LogP contribution in [0.3, 0.4) is 0 Å². The van der Waals surface area contributed by atoms with Gasteiger partial charge in [0, 0.05) is 66.2 Å².